The number of para-hydroxylation sites is 5. The van der Waals surface area contributed by atoms with Gasteiger partial charge in [-0.15, -0.1) is 0 Å². The minimum absolute atomic E-state index is 0.0215. The molecule has 1 atom stereocenters. The van der Waals surface area contributed by atoms with Crippen LogP contribution in [0.5, 0.6) is 0 Å². The smallest absolute Gasteiger partial charge is 0.130 e. The van der Waals surface area contributed by atoms with Gasteiger partial charge >= 0.3 is 0 Å². The number of hydrogen-bond donors (Lipinski definition) is 1. The molecule has 54 heavy (non-hydrogen) atoms. The molecule has 1 N–H and O–H groups in total. The minimum Gasteiger partial charge on any atom is -0.359 e. The fourth-order valence-corrected chi connectivity index (χ4v) is 8.44. The molecule has 0 spiro atoms. The van der Waals surface area contributed by atoms with Crippen molar-refractivity contribution in [2.75, 3.05) is 10.2 Å². The molecule has 0 bridgehead atoms. The van der Waals surface area contributed by atoms with E-state index in [0.29, 0.717) is 0 Å². The molecule has 0 aliphatic carbocycles. The van der Waals surface area contributed by atoms with E-state index in [0.717, 1.165) is 44.6 Å². The Morgan fingerprint density at radius 2 is 1.06 bits per heavy atom. The van der Waals surface area contributed by atoms with Crippen molar-refractivity contribution in [3.63, 3.8) is 0 Å². The molecule has 0 saturated heterocycles. The number of anilines is 3. The molecule has 4 heteroatoms. The average Bonchev–Trinajstić information content (AvgIpc) is 3.79. The zero-order valence-corrected chi connectivity index (χ0v) is 29.4. The van der Waals surface area contributed by atoms with Crippen molar-refractivity contribution in [1.29, 1.82) is 0 Å². The van der Waals surface area contributed by atoms with Crippen LogP contribution in [0.15, 0.2) is 194 Å². The first-order chi connectivity index (χ1) is 26.8. The number of benzene rings is 8. The van der Waals surface area contributed by atoms with Gasteiger partial charge in [0.2, 0.25) is 0 Å². The summed E-state index contributed by atoms with van der Waals surface area (Å²) in [5.41, 5.74) is 13.6. The van der Waals surface area contributed by atoms with Crippen molar-refractivity contribution in [3.8, 4) is 28.1 Å². The highest BCUT2D eigenvalue weighted by atomic mass is 15.3. The van der Waals surface area contributed by atoms with Gasteiger partial charge in [-0.2, -0.15) is 0 Å². The highest BCUT2D eigenvalue weighted by molar-refractivity contribution is 6.20. The summed E-state index contributed by atoms with van der Waals surface area (Å²) in [6.45, 7) is 0. The van der Waals surface area contributed by atoms with Gasteiger partial charge in [-0.1, -0.05) is 133 Å². The Hall–Kier alpha value is -7.17. The maximum Gasteiger partial charge on any atom is 0.130 e. The number of rotatable bonds is 5. The topological polar surface area (TPSA) is 33.1 Å². The molecule has 4 nitrogen and oxygen atoms in total. The van der Waals surface area contributed by atoms with E-state index >= 15 is 0 Å². The van der Waals surface area contributed by atoms with Gasteiger partial charge in [0.1, 0.15) is 6.17 Å². The second-order valence-electron chi connectivity index (χ2n) is 14.0. The minimum atomic E-state index is 0.0215. The van der Waals surface area contributed by atoms with E-state index < -0.39 is 0 Å². The molecule has 1 aliphatic heterocycles. The van der Waals surface area contributed by atoms with Crippen LogP contribution in [-0.4, -0.2) is 9.55 Å². The van der Waals surface area contributed by atoms with Crippen LogP contribution in [-0.2, 0) is 0 Å². The van der Waals surface area contributed by atoms with Crippen molar-refractivity contribution < 1.29 is 0 Å². The Labute approximate surface area is 313 Å². The first-order valence-corrected chi connectivity index (χ1v) is 18.5. The summed E-state index contributed by atoms with van der Waals surface area (Å²) in [5.74, 6) is 0. The van der Waals surface area contributed by atoms with Gasteiger partial charge in [0, 0.05) is 38.5 Å². The predicted octanol–water partition coefficient (Wildman–Crippen LogP) is 13.1. The van der Waals surface area contributed by atoms with E-state index in [-0.39, 0.29) is 6.17 Å². The van der Waals surface area contributed by atoms with Gasteiger partial charge in [-0.25, -0.2) is 4.98 Å². The van der Waals surface area contributed by atoms with Crippen molar-refractivity contribution >= 4 is 60.5 Å². The Morgan fingerprint density at radius 1 is 0.426 bits per heavy atom. The molecule has 0 saturated carbocycles. The average molecular weight is 691 g/mol. The molecular formula is C50H34N4. The quantitative estimate of drug-likeness (QED) is 0.183. The molecule has 10 aromatic rings. The Bertz CT molecular complexity index is 3000. The van der Waals surface area contributed by atoms with E-state index in [9.17, 15) is 0 Å². The summed E-state index contributed by atoms with van der Waals surface area (Å²) in [4.78, 5) is 7.72. The fourth-order valence-electron chi connectivity index (χ4n) is 8.44. The number of aromatic nitrogens is 2. The monoisotopic (exact) mass is 690 g/mol. The van der Waals surface area contributed by atoms with E-state index in [1.54, 1.807) is 0 Å². The lowest BCUT2D eigenvalue weighted by Crippen LogP contribution is -2.23. The van der Waals surface area contributed by atoms with Gasteiger partial charge in [0.15, 0.2) is 0 Å². The SMILES string of the molecule is c1ccc(C2Nc3ccccc3N2c2ccc(-c3ccc(-c4nc5ccccc5c5cc6c7ccccc7n(-c7ccccc7)c6cc45)cc3)cc2)cc1. The summed E-state index contributed by atoms with van der Waals surface area (Å²) in [6.07, 6.45) is 0.0215. The fraction of sp³-hybridized carbons (Fsp3) is 0.0200. The molecule has 2 aromatic heterocycles. The highest BCUT2D eigenvalue weighted by Crippen LogP contribution is 2.46. The zero-order valence-electron chi connectivity index (χ0n) is 29.4. The predicted molar refractivity (Wildman–Crippen MR) is 226 cm³/mol. The van der Waals surface area contributed by atoms with E-state index in [2.05, 4.69) is 209 Å². The normalized spacial score (nSPS) is 13.9. The third kappa shape index (κ3) is 4.81. The summed E-state index contributed by atoms with van der Waals surface area (Å²) < 4.78 is 2.38. The second-order valence-corrected chi connectivity index (χ2v) is 14.0. The first kappa shape index (κ1) is 30.5. The van der Waals surface area contributed by atoms with E-state index in [4.69, 9.17) is 4.98 Å². The van der Waals surface area contributed by atoms with Crippen molar-refractivity contribution in [2.45, 2.75) is 6.17 Å². The molecule has 11 rings (SSSR count). The molecule has 254 valence electrons. The van der Waals surface area contributed by atoms with Gasteiger partial charge in [-0.05, 0) is 82.7 Å². The van der Waals surface area contributed by atoms with Crippen LogP contribution in [0.4, 0.5) is 17.1 Å². The standard InChI is InChI=1S/C50H34N4/c1-3-13-36(14-4-1)50-52-45-20-10-12-22-47(45)54(50)38-29-27-34(28-30-38)33-23-25-35(26-24-33)49-43-32-48-42(31-41(43)39-17-7-9-19-44(39)51-49)40-18-8-11-21-46(40)53(48)37-15-5-2-6-16-37/h1-32,50,52H. The van der Waals surface area contributed by atoms with Crippen LogP contribution in [0, 0.1) is 0 Å². The third-order valence-corrected chi connectivity index (χ3v) is 11.0. The van der Waals surface area contributed by atoms with Gasteiger partial charge in [0.25, 0.3) is 0 Å². The molecular weight excluding hydrogens is 657 g/mol. The summed E-state index contributed by atoms with van der Waals surface area (Å²) >= 11 is 0. The highest BCUT2D eigenvalue weighted by Gasteiger charge is 2.30. The molecule has 8 aromatic carbocycles. The van der Waals surface area contributed by atoms with Gasteiger partial charge in [0.05, 0.1) is 33.6 Å². The van der Waals surface area contributed by atoms with Crippen LogP contribution in [0.25, 0.3) is 71.6 Å². The van der Waals surface area contributed by atoms with Crippen LogP contribution in [0.1, 0.15) is 11.7 Å². The van der Waals surface area contributed by atoms with Crippen molar-refractivity contribution in [3.05, 3.63) is 200 Å². The first-order valence-electron chi connectivity index (χ1n) is 18.5. The Morgan fingerprint density at radius 3 is 1.85 bits per heavy atom. The second kappa shape index (κ2) is 12.2. The van der Waals surface area contributed by atoms with E-state index in [1.807, 2.05) is 0 Å². The number of pyridine rings is 1. The van der Waals surface area contributed by atoms with E-state index in [1.165, 1.54) is 49.6 Å². The van der Waals surface area contributed by atoms with Gasteiger partial charge < -0.3 is 14.8 Å². The van der Waals surface area contributed by atoms with Crippen molar-refractivity contribution in [2.24, 2.45) is 0 Å². The molecule has 0 radical (unpaired) electrons. The number of fused-ring (bicyclic) bond motifs is 7. The maximum absolute atomic E-state index is 5.32. The largest absolute Gasteiger partial charge is 0.359 e. The van der Waals surface area contributed by atoms with Crippen LogP contribution >= 0.6 is 0 Å². The summed E-state index contributed by atoms with van der Waals surface area (Å²) in [7, 11) is 0. The lowest BCUT2D eigenvalue weighted by molar-refractivity contribution is 0.828. The van der Waals surface area contributed by atoms with Crippen molar-refractivity contribution in [1.82, 2.24) is 9.55 Å². The lowest BCUT2D eigenvalue weighted by atomic mass is 9.96. The third-order valence-electron chi connectivity index (χ3n) is 11.0. The van der Waals surface area contributed by atoms with Gasteiger partial charge in [-0.3, -0.25) is 0 Å². The lowest BCUT2D eigenvalue weighted by Gasteiger charge is -2.27. The molecule has 0 fully saturated rings. The summed E-state index contributed by atoms with van der Waals surface area (Å²) in [5, 5.41) is 9.75. The Kier molecular flexibility index (Phi) is 6.89. The zero-order chi connectivity index (χ0) is 35.6. The Balaban J connectivity index is 1.01. The number of hydrogen-bond acceptors (Lipinski definition) is 3. The maximum atomic E-state index is 5.32. The number of nitrogens with one attached hydrogen (secondary N) is 1. The van der Waals surface area contributed by atoms with Crippen LogP contribution in [0.2, 0.25) is 0 Å². The molecule has 0 amide bonds. The summed E-state index contributed by atoms with van der Waals surface area (Å²) in [6, 6.07) is 69.7. The van der Waals surface area contributed by atoms with Crippen LogP contribution in [0.3, 0.4) is 0 Å². The molecule has 1 aliphatic rings. The molecule has 1 unspecified atom stereocenters. The molecule has 3 heterocycles. The van der Waals surface area contributed by atoms with Crippen LogP contribution < -0.4 is 10.2 Å². The number of nitrogens with zero attached hydrogens (tertiary/aromatic N) is 3.